The summed E-state index contributed by atoms with van der Waals surface area (Å²) < 4.78 is 37.9. The molecular weight excluding hydrogens is 263 g/mol. The van der Waals surface area contributed by atoms with Crippen LogP contribution in [0.25, 0.3) is 10.8 Å². The Morgan fingerprint density at radius 2 is 1.72 bits per heavy atom. The first kappa shape index (κ1) is 15.5. The van der Waals surface area contributed by atoms with Crippen molar-refractivity contribution in [2.75, 3.05) is 6.61 Å². The molecule has 0 bridgehead atoms. The molecule has 0 N–H and O–H groups in total. The minimum Gasteiger partial charge on any atom is -0.744 e. The van der Waals surface area contributed by atoms with Gasteiger partial charge in [0.15, 0.2) is 0 Å². The van der Waals surface area contributed by atoms with Crippen LogP contribution in [0.5, 0.6) is 5.75 Å². The fraction of sp³-hybridized carbons (Fsp3) is 0.167. The molecule has 0 atom stereocenters. The van der Waals surface area contributed by atoms with Crippen molar-refractivity contribution < 1.29 is 47.3 Å². The first-order valence-corrected chi connectivity index (χ1v) is 6.54. The molecule has 0 aliphatic heterocycles. The second-order valence-corrected chi connectivity index (χ2v) is 4.94. The summed E-state index contributed by atoms with van der Waals surface area (Å²) in [5.41, 5.74) is 0. The van der Waals surface area contributed by atoms with Crippen molar-refractivity contribution in [2.24, 2.45) is 0 Å². The zero-order valence-electron chi connectivity index (χ0n) is 10.2. The quantitative estimate of drug-likeness (QED) is 0.540. The van der Waals surface area contributed by atoms with Gasteiger partial charge in [0.05, 0.1) is 11.5 Å². The molecule has 4 nitrogen and oxygen atoms in total. The number of hydrogen-bond donors (Lipinski definition) is 0. The Kier molecular flexibility index (Phi) is 5.19. The minimum atomic E-state index is -4.40. The summed E-state index contributed by atoms with van der Waals surface area (Å²) in [5.74, 6) is 0.720. The Labute approximate surface area is 128 Å². The number of hydrogen-bond acceptors (Lipinski definition) is 4. The Morgan fingerprint density at radius 1 is 1.11 bits per heavy atom. The monoisotopic (exact) mass is 274 g/mol. The molecule has 0 aliphatic rings. The van der Waals surface area contributed by atoms with Crippen LogP contribution in [0.4, 0.5) is 0 Å². The normalized spacial score (nSPS) is 11.0. The van der Waals surface area contributed by atoms with Gasteiger partial charge in [-0.05, 0) is 42.0 Å². The van der Waals surface area contributed by atoms with E-state index in [2.05, 4.69) is 0 Å². The number of rotatable bonds is 3. The number of fused-ring (bicyclic) bond motifs is 1. The Bertz CT molecular complexity index is 652. The van der Waals surface area contributed by atoms with Crippen LogP contribution in [0.1, 0.15) is 6.92 Å². The van der Waals surface area contributed by atoms with Gasteiger partial charge < -0.3 is 9.29 Å². The van der Waals surface area contributed by atoms with E-state index in [0.29, 0.717) is 12.0 Å². The topological polar surface area (TPSA) is 66.4 Å². The van der Waals surface area contributed by atoms with Crippen LogP contribution in [-0.2, 0) is 10.1 Å². The molecule has 6 heteroatoms. The van der Waals surface area contributed by atoms with Crippen LogP contribution < -0.4 is 34.3 Å². The largest absolute Gasteiger partial charge is 1.00 e. The SMILES string of the molecule is CCOc1ccc2cc(S(=O)(=O)[O-])ccc2c1.[Na+]. The van der Waals surface area contributed by atoms with Gasteiger partial charge in [-0.2, -0.15) is 0 Å². The molecule has 0 heterocycles. The molecule has 2 aromatic rings. The predicted molar refractivity (Wildman–Crippen MR) is 63.1 cm³/mol. The van der Waals surface area contributed by atoms with E-state index in [-0.39, 0.29) is 34.5 Å². The molecule has 0 aliphatic carbocycles. The Morgan fingerprint density at radius 3 is 2.33 bits per heavy atom. The number of ether oxygens (including phenoxy) is 1. The summed E-state index contributed by atoms with van der Waals surface area (Å²) in [7, 11) is -4.40. The van der Waals surface area contributed by atoms with Gasteiger partial charge in [0.2, 0.25) is 0 Å². The molecule has 0 aromatic heterocycles. The smallest absolute Gasteiger partial charge is 0.744 e. The number of benzene rings is 2. The molecule has 0 unspecified atom stereocenters. The average Bonchev–Trinajstić information content (AvgIpc) is 2.27. The second kappa shape index (κ2) is 6.04. The first-order valence-electron chi connectivity index (χ1n) is 5.13. The summed E-state index contributed by atoms with van der Waals surface area (Å²) in [6.45, 7) is 2.45. The summed E-state index contributed by atoms with van der Waals surface area (Å²) in [5, 5.41) is 1.54. The molecule has 0 saturated heterocycles. The third-order valence-electron chi connectivity index (χ3n) is 2.38. The van der Waals surface area contributed by atoms with Crippen molar-refractivity contribution in [3.8, 4) is 5.75 Å². The van der Waals surface area contributed by atoms with E-state index in [1.165, 1.54) is 12.1 Å². The van der Waals surface area contributed by atoms with Crippen molar-refractivity contribution in [1.82, 2.24) is 0 Å². The van der Waals surface area contributed by atoms with E-state index in [1.54, 1.807) is 24.3 Å². The van der Waals surface area contributed by atoms with Gasteiger partial charge in [-0.25, -0.2) is 8.42 Å². The van der Waals surface area contributed by atoms with Gasteiger partial charge >= 0.3 is 29.6 Å². The minimum absolute atomic E-state index is 0. The van der Waals surface area contributed by atoms with Gasteiger partial charge in [-0.15, -0.1) is 0 Å². The van der Waals surface area contributed by atoms with Crippen molar-refractivity contribution >= 4 is 20.9 Å². The maximum Gasteiger partial charge on any atom is 1.00 e. The molecule has 0 radical (unpaired) electrons. The molecule has 2 rings (SSSR count). The van der Waals surface area contributed by atoms with E-state index in [1.807, 2.05) is 6.92 Å². The van der Waals surface area contributed by atoms with E-state index in [4.69, 9.17) is 4.74 Å². The zero-order valence-corrected chi connectivity index (χ0v) is 13.0. The Balaban J connectivity index is 0.00000162. The molecule has 0 spiro atoms. The Hall–Kier alpha value is -0.590. The summed E-state index contributed by atoms with van der Waals surface area (Å²) in [6.07, 6.45) is 0. The van der Waals surface area contributed by atoms with E-state index >= 15 is 0 Å². The third kappa shape index (κ3) is 3.46. The van der Waals surface area contributed by atoms with Gasteiger partial charge in [-0.3, -0.25) is 0 Å². The molecular formula is C12H11NaO4S. The molecule has 0 saturated carbocycles. The van der Waals surface area contributed by atoms with Gasteiger partial charge in [0.25, 0.3) is 0 Å². The summed E-state index contributed by atoms with van der Waals surface area (Å²) >= 11 is 0. The predicted octanol–water partition coefficient (Wildman–Crippen LogP) is -0.853. The van der Waals surface area contributed by atoms with Gasteiger partial charge in [-0.1, -0.05) is 12.1 Å². The maximum absolute atomic E-state index is 10.9. The molecule has 0 amide bonds. The summed E-state index contributed by atoms with van der Waals surface area (Å²) in [4.78, 5) is -0.214. The van der Waals surface area contributed by atoms with Gasteiger partial charge in [0.1, 0.15) is 15.9 Å². The van der Waals surface area contributed by atoms with Crippen LogP contribution in [0, 0.1) is 0 Å². The fourth-order valence-corrected chi connectivity index (χ4v) is 2.12. The van der Waals surface area contributed by atoms with Crippen molar-refractivity contribution in [2.45, 2.75) is 11.8 Å². The average molecular weight is 274 g/mol. The van der Waals surface area contributed by atoms with Crippen LogP contribution in [-0.4, -0.2) is 19.6 Å². The first-order chi connectivity index (χ1) is 8.00. The van der Waals surface area contributed by atoms with E-state index < -0.39 is 10.1 Å². The van der Waals surface area contributed by atoms with Crippen molar-refractivity contribution in [3.63, 3.8) is 0 Å². The van der Waals surface area contributed by atoms with E-state index in [9.17, 15) is 13.0 Å². The van der Waals surface area contributed by atoms with Gasteiger partial charge in [0, 0.05) is 0 Å². The van der Waals surface area contributed by atoms with E-state index in [0.717, 1.165) is 11.1 Å². The fourth-order valence-electron chi connectivity index (χ4n) is 1.61. The molecule has 0 fully saturated rings. The molecule has 18 heavy (non-hydrogen) atoms. The zero-order chi connectivity index (χ0) is 12.5. The van der Waals surface area contributed by atoms with Crippen molar-refractivity contribution in [3.05, 3.63) is 36.4 Å². The summed E-state index contributed by atoms with van der Waals surface area (Å²) in [6, 6.07) is 9.55. The van der Waals surface area contributed by atoms with Crippen LogP contribution in [0.3, 0.4) is 0 Å². The molecule has 90 valence electrons. The van der Waals surface area contributed by atoms with Crippen LogP contribution >= 0.6 is 0 Å². The standard InChI is InChI=1S/C12H12O4S.Na/c1-2-16-11-5-3-10-8-12(17(13,14)15)6-4-9(10)7-11;/h3-8H,2H2,1H3,(H,13,14,15);/q;+1/p-1. The molecule has 2 aromatic carbocycles. The second-order valence-electron chi connectivity index (χ2n) is 3.56. The maximum atomic E-state index is 10.9. The van der Waals surface area contributed by atoms with Crippen molar-refractivity contribution in [1.29, 1.82) is 0 Å². The third-order valence-corrected chi connectivity index (χ3v) is 3.21. The van der Waals surface area contributed by atoms with Crippen LogP contribution in [0.2, 0.25) is 0 Å². The van der Waals surface area contributed by atoms with Crippen LogP contribution in [0.15, 0.2) is 41.3 Å².